The van der Waals surface area contributed by atoms with Crippen molar-refractivity contribution in [3.8, 4) is 0 Å². The standard InChI is InChI=1S/C21H40O8S/c1-3-5-6-7-8-9-10-11-12-13-21-27-18-19(28-21)15-26-17-20(16-25-14-4-2)29-30(22,23)24/h4,19-21H,2-3,5-18H2,1H3,(H,22,23,24). The average molecular weight is 453 g/mol. The number of ether oxygens (including phenoxy) is 4. The van der Waals surface area contributed by atoms with Gasteiger partial charge in [-0.05, 0) is 12.8 Å². The second-order valence-electron chi connectivity index (χ2n) is 7.65. The molecule has 0 aliphatic carbocycles. The number of rotatable bonds is 20. The van der Waals surface area contributed by atoms with E-state index < -0.39 is 16.5 Å². The van der Waals surface area contributed by atoms with Crippen molar-refractivity contribution < 1.29 is 36.1 Å². The molecular weight excluding hydrogens is 412 g/mol. The Balaban J connectivity index is 2.09. The topological polar surface area (TPSA) is 101 Å². The van der Waals surface area contributed by atoms with Gasteiger partial charge < -0.3 is 18.9 Å². The maximum atomic E-state index is 10.9. The van der Waals surface area contributed by atoms with E-state index in [2.05, 4.69) is 17.7 Å². The second kappa shape index (κ2) is 17.1. The number of hydrogen-bond donors (Lipinski definition) is 1. The molecule has 1 aliphatic rings. The van der Waals surface area contributed by atoms with E-state index >= 15 is 0 Å². The van der Waals surface area contributed by atoms with Gasteiger partial charge in [0, 0.05) is 0 Å². The predicted octanol–water partition coefficient (Wildman–Crippen LogP) is 4.06. The monoisotopic (exact) mass is 452 g/mol. The Morgan fingerprint density at radius 1 is 1.07 bits per heavy atom. The molecule has 0 radical (unpaired) electrons. The third-order valence-electron chi connectivity index (χ3n) is 4.76. The van der Waals surface area contributed by atoms with Crippen molar-refractivity contribution >= 4 is 10.4 Å². The molecule has 1 N–H and O–H groups in total. The van der Waals surface area contributed by atoms with Crippen LogP contribution in [0.15, 0.2) is 12.7 Å². The summed E-state index contributed by atoms with van der Waals surface area (Å²) in [6, 6.07) is 0. The zero-order valence-corrected chi connectivity index (χ0v) is 19.2. The van der Waals surface area contributed by atoms with Crippen LogP contribution in [0.5, 0.6) is 0 Å². The van der Waals surface area contributed by atoms with E-state index in [4.69, 9.17) is 23.5 Å². The van der Waals surface area contributed by atoms with Crippen molar-refractivity contribution in [2.75, 3.05) is 33.0 Å². The Kier molecular flexibility index (Phi) is 15.6. The van der Waals surface area contributed by atoms with Gasteiger partial charge in [0.15, 0.2) is 6.29 Å². The highest BCUT2D eigenvalue weighted by Gasteiger charge is 2.26. The molecule has 1 fully saturated rings. The first-order valence-corrected chi connectivity index (χ1v) is 12.5. The van der Waals surface area contributed by atoms with E-state index in [1.807, 2.05) is 0 Å². The molecular formula is C21H40O8S. The highest BCUT2D eigenvalue weighted by Crippen LogP contribution is 2.19. The minimum Gasteiger partial charge on any atom is -0.376 e. The van der Waals surface area contributed by atoms with Crippen LogP contribution in [0.25, 0.3) is 0 Å². The third-order valence-corrected chi connectivity index (χ3v) is 5.28. The summed E-state index contributed by atoms with van der Waals surface area (Å²) in [7, 11) is -4.58. The zero-order chi connectivity index (χ0) is 22.1. The summed E-state index contributed by atoms with van der Waals surface area (Å²) in [6.45, 7) is 6.58. The second-order valence-corrected chi connectivity index (χ2v) is 8.70. The lowest BCUT2D eigenvalue weighted by atomic mass is 10.1. The van der Waals surface area contributed by atoms with Gasteiger partial charge in [-0.2, -0.15) is 8.42 Å². The minimum atomic E-state index is -4.58. The smallest absolute Gasteiger partial charge is 0.376 e. The number of unbranched alkanes of at least 4 members (excludes halogenated alkanes) is 8. The van der Waals surface area contributed by atoms with Crippen LogP contribution >= 0.6 is 0 Å². The molecule has 1 saturated heterocycles. The fraction of sp³-hybridized carbons (Fsp3) is 0.905. The lowest BCUT2D eigenvalue weighted by Crippen LogP contribution is -2.30. The lowest BCUT2D eigenvalue weighted by molar-refractivity contribution is -0.0822. The molecule has 1 heterocycles. The summed E-state index contributed by atoms with van der Waals surface area (Å²) in [5.74, 6) is 0. The van der Waals surface area contributed by atoms with Crippen LogP contribution in [0.2, 0.25) is 0 Å². The third kappa shape index (κ3) is 15.3. The molecule has 9 heteroatoms. The van der Waals surface area contributed by atoms with Gasteiger partial charge in [-0.15, -0.1) is 6.58 Å². The molecule has 0 aromatic heterocycles. The molecule has 0 bridgehead atoms. The molecule has 0 aromatic carbocycles. The van der Waals surface area contributed by atoms with Gasteiger partial charge in [0.25, 0.3) is 0 Å². The fourth-order valence-electron chi connectivity index (χ4n) is 3.26. The predicted molar refractivity (Wildman–Crippen MR) is 115 cm³/mol. The van der Waals surface area contributed by atoms with Crippen LogP contribution in [0.3, 0.4) is 0 Å². The van der Waals surface area contributed by atoms with E-state index in [0.29, 0.717) is 6.61 Å². The van der Waals surface area contributed by atoms with E-state index in [0.717, 1.165) is 12.8 Å². The van der Waals surface area contributed by atoms with E-state index in [-0.39, 0.29) is 38.8 Å². The quantitative estimate of drug-likeness (QED) is 0.168. The first-order valence-electron chi connectivity index (χ1n) is 11.1. The van der Waals surface area contributed by atoms with Crippen molar-refractivity contribution in [2.45, 2.75) is 89.6 Å². The van der Waals surface area contributed by atoms with Gasteiger partial charge in [-0.1, -0.05) is 64.4 Å². The Labute approximate surface area is 182 Å². The molecule has 30 heavy (non-hydrogen) atoms. The largest absolute Gasteiger partial charge is 0.397 e. The highest BCUT2D eigenvalue weighted by atomic mass is 32.3. The van der Waals surface area contributed by atoms with Crippen LogP contribution in [0, 0.1) is 0 Å². The van der Waals surface area contributed by atoms with Gasteiger partial charge >= 0.3 is 10.4 Å². The van der Waals surface area contributed by atoms with E-state index in [9.17, 15) is 8.42 Å². The van der Waals surface area contributed by atoms with Gasteiger partial charge in [0.2, 0.25) is 0 Å². The molecule has 8 nitrogen and oxygen atoms in total. The number of hydrogen-bond acceptors (Lipinski definition) is 7. The summed E-state index contributed by atoms with van der Waals surface area (Å²) in [5.41, 5.74) is 0. The van der Waals surface area contributed by atoms with Crippen LogP contribution < -0.4 is 0 Å². The molecule has 0 spiro atoms. The molecule has 0 amide bonds. The first-order chi connectivity index (χ1) is 14.4. The molecule has 3 unspecified atom stereocenters. The van der Waals surface area contributed by atoms with Crippen LogP contribution in [-0.4, -0.2) is 64.5 Å². The SMILES string of the molecule is C=CCOCC(COCC1COC(CCCCCCCCCCC)O1)OS(=O)(=O)O. The summed E-state index contributed by atoms with van der Waals surface area (Å²) in [6.07, 6.45) is 12.6. The van der Waals surface area contributed by atoms with Crippen molar-refractivity contribution in [1.29, 1.82) is 0 Å². The Bertz CT molecular complexity index is 525. The normalized spacial score (nSPS) is 20.5. The lowest BCUT2D eigenvalue weighted by Gasteiger charge is -2.17. The maximum Gasteiger partial charge on any atom is 0.397 e. The molecule has 3 atom stereocenters. The molecule has 1 aliphatic heterocycles. The van der Waals surface area contributed by atoms with E-state index in [1.54, 1.807) is 0 Å². The molecule has 178 valence electrons. The summed E-state index contributed by atoms with van der Waals surface area (Å²) in [4.78, 5) is 0. The van der Waals surface area contributed by atoms with Crippen molar-refractivity contribution in [2.24, 2.45) is 0 Å². The fourth-order valence-corrected chi connectivity index (χ4v) is 3.71. The Hall–Kier alpha value is -0.550. The minimum absolute atomic E-state index is 0.0466. The van der Waals surface area contributed by atoms with Crippen molar-refractivity contribution in [3.05, 3.63) is 12.7 Å². The van der Waals surface area contributed by atoms with Gasteiger partial charge in [0.1, 0.15) is 12.2 Å². The van der Waals surface area contributed by atoms with Crippen LogP contribution in [-0.2, 0) is 33.5 Å². The average Bonchev–Trinajstić information content (AvgIpc) is 3.13. The molecule has 1 rings (SSSR count). The first kappa shape index (κ1) is 27.5. The maximum absolute atomic E-state index is 10.9. The van der Waals surface area contributed by atoms with Gasteiger partial charge in [-0.25, -0.2) is 4.18 Å². The Morgan fingerprint density at radius 2 is 1.70 bits per heavy atom. The molecule has 0 saturated carbocycles. The summed E-state index contributed by atoms with van der Waals surface area (Å²) in [5, 5.41) is 0. The van der Waals surface area contributed by atoms with Crippen molar-refractivity contribution in [3.63, 3.8) is 0 Å². The van der Waals surface area contributed by atoms with E-state index in [1.165, 1.54) is 57.4 Å². The van der Waals surface area contributed by atoms with Gasteiger partial charge in [-0.3, -0.25) is 4.55 Å². The Morgan fingerprint density at radius 3 is 2.33 bits per heavy atom. The van der Waals surface area contributed by atoms with Gasteiger partial charge in [0.05, 0.1) is 33.0 Å². The highest BCUT2D eigenvalue weighted by molar-refractivity contribution is 7.80. The zero-order valence-electron chi connectivity index (χ0n) is 18.3. The van der Waals surface area contributed by atoms with Crippen molar-refractivity contribution in [1.82, 2.24) is 0 Å². The van der Waals surface area contributed by atoms with Crippen LogP contribution in [0.1, 0.15) is 71.1 Å². The van der Waals surface area contributed by atoms with Crippen LogP contribution in [0.4, 0.5) is 0 Å². The molecule has 0 aromatic rings. The summed E-state index contributed by atoms with van der Waals surface area (Å²) < 4.78 is 57.4. The summed E-state index contributed by atoms with van der Waals surface area (Å²) >= 11 is 0.